The van der Waals surface area contributed by atoms with E-state index >= 15 is 0 Å². The minimum absolute atomic E-state index is 0.323. The van der Waals surface area contributed by atoms with E-state index in [-0.39, 0.29) is 0 Å². The van der Waals surface area contributed by atoms with E-state index in [1.165, 1.54) is 0 Å². The average Bonchev–Trinajstić information content (AvgIpc) is 2.40. The molecule has 3 rings (SSSR count). The molecule has 94 valence electrons. The molecule has 0 aliphatic rings. The number of aromatic nitrogens is 2. The van der Waals surface area contributed by atoms with Gasteiger partial charge in [-0.3, -0.25) is 0 Å². The molecule has 1 N–H and O–H groups in total. The number of nitrogens with zero attached hydrogens (tertiary/aromatic N) is 2. The molecule has 0 unspecified atom stereocenters. The standard InChI is InChI=1S/C14H11N3O2/c1-9-6-7-15-14(16-9)17-11-8-10-4-2-3-5-12(10)19-13(11)18/h2-8H,1H3,(H,15,16,17). The van der Waals surface area contributed by atoms with E-state index in [1.807, 2.05) is 25.1 Å². The number of fused-ring (bicyclic) bond motifs is 1. The van der Waals surface area contributed by atoms with E-state index in [4.69, 9.17) is 4.42 Å². The minimum Gasteiger partial charge on any atom is -0.421 e. The zero-order valence-electron chi connectivity index (χ0n) is 10.3. The molecule has 0 radical (unpaired) electrons. The Morgan fingerprint density at radius 1 is 1.21 bits per heavy atom. The van der Waals surface area contributed by atoms with E-state index in [1.54, 1.807) is 24.4 Å². The maximum absolute atomic E-state index is 11.8. The number of hydrogen-bond acceptors (Lipinski definition) is 5. The highest BCUT2D eigenvalue weighted by Gasteiger charge is 2.06. The van der Waals surface area contributed by atoms with Gasteiger partial charge in [0.2, 0.25) is 5.95 Å². The van der Waals surface area contributed by atoms with Crippen LogP contribution in [0.5, 0.6) is 0 Å². The van der Waals surface area contributed by atoms with Crippen molar-refractivity contribution in [2.75, 3.05) is 5.32 Å². The Bertz CT molecular complexity index is 796. The van der Waals surface area contributed by atoms with Crippen molar-refractivity contribution in [1.29, 1.82) is 0 Å². The van der Waals surface area contributed by atoms with Gasteiger partial charge in [0.15, 0.2) is 0 Å². The number of para-hydroxylation sites is 1. The van der Waals surface area contributed by atoms with Gasteiger partial charge in [-0.25, -0.2) is 14.8 Å². The lowest BCUT2D eigenvalue weighted by Gasteiger charge is -2.04. The van der Waals surface area contributed by atoms with E-state index in [2.05, 4.69) is 15.3 Å². The van der Waals surface area contributed by atoms with Crippen molar-refractivity contribution >= 4 is 22.6 Å². The number of hydrogen-bond donors (Lipinski definition) is 1. The van der Waals surface area contributed by atoms with E-state index in [0.29, 0.717) is 17.2 Å². The van der Waals surface area contributed by atoms with E-state index in [0.717, 1.165) is 11.1 Å². The molecule has 2 heterocycles. The van der Waals surface area contributed by atoms with Gasteiger partial charge in [-0.05, 0) is 25.1 Å². The van der Waals surface area contributed by atoms with Crippen molar-refractivity contribution in [3.8, 4) is 0 Å². The maximum Gasteiger partial charge on any atom is 0.360 e. The molecule has 0 saturated heterocycles. The lowest BCUT2D eigenvalue weighted by molar-refractivity contribution is 0.564. The van der Waals surface area contributed by atoms with Crippen LogP contribution in [0.2, 0.25) is 0 Å². The average molecular weight is 253 g/mol. The molecule has 19 heavy (non-hydrogen) atoms. The summed E-state index contributed by atoms with van der Waals surface area (Å²) < 4.78 is 5.22. The molecule has 3 aromatic rings. The summed E-state index contributed by atoms with van der Waals surface area (Å²) >= 11 is 0. The second-order valence-electron chi connectivity index (χ2n) is 4.13. The van der Waals surface area contributed by atoms with Crippen molar-refractivity contribution < 1.29 is 4.42 Å². The van der Waals surface area contributed by atoms with E-state index < -0.39 is 5.63 Å². The molecular weight excluding hydrogens is 242 g/mol. The molecule has 0 amide bonds. The summed E-state index contributed by atoms with van der Waals surface area (Å²) in [6, 6.07) is 10.8. The molecule has 5 nitrogen and oxygen atoms in total. The van der Waals surface area contributed by atoms with Crippen LogP contribution < -0.4 is 10.9 Å². The molecule has 0 bridgehead atoms. The highest BCUT2D eigenvalue weighted by atomic mass is 16.4. The number of rotatable bonds is 2. The third-order valence-electron chi connectivity index (χ3n) is 2.68. The van der Waals surface area contributed by atoms with Crippen LogP contribution in [0.1, 0.15) is 5.69 Å². The van der Waals surface area contributed by atoms with Gasteiger partial charge in [0.1, 0.15) is 11.3 Å². The van der Waals surface area contributed by atoms with Gasteiger partial charge in [-0.1, -0.05) is 18.2 Å². The quantitative estimate of drug-likeness (QED) is 0.711. The van der Waals surface area contributed by atoms with Crippen LogP contribution in [0.15, 0.2) is 51.8 Å². The monoisotopic (exact) mass is 253 g/mol. The van der Waals surface area contributed by atoms with Gasteiger partial charge < -0.3 is 9.73 Å². The predicted molar refractivity (Wildman–Crippen MR) is 72.5 cm³/mol. The summed E-state index contributed by atoms with van der Waals surface area (Å²) in [4.78, 5) is 20.1. The van der Waals surface area contributed by atoms with Gasteiger partial charge in [-0.2, -0.15) is 0 Å². The molecule has 0 aliphatic carbocycles. The zero-order valence-corrected chi connectivity index (χ0v) is 10.3. The van der Waals surface area contributed by atoms with Crippen molar-refractivity contribution in [3.05, 3.63) is 58.7 Å². The molecular formula is C14H11N3O2. The van der Waals surface area contributed by atoms with Gasteiger partial charge in [0.05, 0.1) is 0 Å². The Balaban J connectivity index is 2.05. The second-order valence-corrected chi connectivity index (χ2v) is 4.13. The van der Waals surface area contributed by atoms with Crippen molar-refractivity contribution in [3.63, 3.8) is 0 Å². The predicted octanol–water partition coefficient (Wildman–Crippen LogP) is 2.64. The smallest absolute Gasteiger partial charge is 0.360 e. The van der Waals surface area contributed by atoms with Crippen LogP contribution in [0, 0.1) is 6.92 Å². The molecule has 1 aromatic carbocycles. The van der Waals surface area contributed by atoms with Crippen LogP contribution in [0.25, 0.3) is 11.0 Å². The summed E-state index contributed by atoms with van der Waals surface area (Å²) in [5.74, 6) is 0.377. The first-order valence-electron chi connectivity index (χ1n) is 5.82. The molecule has 0 fully saturated rings. The largest absolute Gasteiger partial charge is 0.421 e. The third kappa shape index (κ3) is 2.30. The molecule has 0 atom stereocenters. The number of benzene rings is 1. The first kappa shape index (κ1) is 11.4. The number of anilines is 2. The Hall–Kier alpha value is -2.69. The fourth-order valence-electron chi connectivity index (χ4n) is 1.78. The maximum atomic E-state index is 11.8. The summed E-state index contributed by atoms with van der Waals surface area (Å²) in [5.41, 5.74) is 1.26. The second kappa shape index (κ2) is 4.53. The Kier molecular flexibility index (Phi) is 2.72. The molecule has 2 aromatic heterocycles. The summed E-state index contributed by atoms with van der Waals surface area (Å²) in [6.07, 6.45) is 1.63. The summed E-state index contributed by atoms with van der Waals surface area (Å²) in [5, 5.41) is 3.72. The van der Waals surface area contributed by atoms with Crippen molar-refractivity contribution in [2.45, 2.75) is 6.92 Å². The van der Waals surface area contributed by atoms with Crippen molar-refractivity contribution in [2.24, 2.45) is 0 Å². The van der Waals surface area contributed by atoms with Gasteiger partial charge in [0, 0.05) is 17.3 Å². The topological polar surface area (TPSA) is 68.0 Å². The van der Waals surface area contributed by atoms with Gasteiger partial charge >= 0.3 is 5.63 Å². The summed E-state index contributed by atoms with van der Waals surface area (Å²) in [6.45, 7) is 1.86. The molecule has 5 heteroatoms. The highest BCUT2D eigenvalue weighted by Crippen LogP contribution is 2.16. The Morgan fingerprint density at radius 3 is 2.89 bits per heavy atom. The first-order valence-corrected chi connectivity index (χ1v) is 5.82. The first-order chi connectivity index (χ1) is 9.22. The van der Waals surface area contributed by atoms with Crippen LogP contribution in [0.3, 0.4) is 0 Å². The number of nitrogens with one attached hydrogen (secondary N) is 1. The lowest BCUT2D eigenvalue weighted by atomic mass is 10.2. The highest BCUT2D eigenvalue weighted by molar-refractivity contribution is 5.80. The lowest BCUT2D eigenvalue weighted by Crippen LogP contribution is -2.08. The number of aryl methyl sites for hydroxylation is 1. The van der Waals surface area contributed by atoms with E-state index in [9.17, 15) is 4.79 Å². The van der Waals surface area contributed by atoms with Crippen LogP contribution in [0.4, 0.5) is 11.6 Å². The molecule has 0 aliphatic heterocycles. The van der Waals surface area contributed by atoms with Crippen molar-refractivity contribution in [1.82, 2.24) is 9.97 Å². The van der Waals surface area contributed by atoms with Gasteiger partial charge in [-0.15, -0.1) is 0 Å². The Morgan fingerprint density at radius 2 is 2.05 bits per heavy atom. The minimum atomic E-state index is -0.441. The Labute approximate surface area is 108 Å². The molecule has 0 spiro atoms. The SMILES string of the molecule is Cc1ccnc(Nc2cc3ccccc3oc2=O)n1. The molecule has 0 saturated carbocycles. The zero-order chi connectivity index (χ0) is 13.2. The van der Waals surface area contributed by atoms with Crippen LogP contribution in [-0.4, -0.2) is 9.97 Å². The fraction of sp³-hybridized carbons (Fsp3) is 0.0714. The fourth-order valence-corrected chi connectivity index (χ4v) is 1.78. The normalized spacial score (nSPS) is 10.6. The van der Waals surface area contributed by atoms with Crippen LogP contribution >= 0.6 is 0 Å². The third-order valence-corrected chi connectivity index (χ3v) is 2.68. The van der Waals surface area contributed by atoms with Crippen LogP contribution in [-0.2, 0) is 0 Å². The van der Waals surface area contributed by atoms with Gasteiger partial charge in [0.25, 0.3) is 0 Å². The summed E-state index contributed by atoms with van der Waals surface area (Å²) in [7, 11) is 0.